The number of nitrogens with two attached hydrogens (primary N) is 1. The third-order valence-electron chi connectivity index (χ3n) is 3.30. The molecular weight excluding hydrogens is 295 g/mol. The minimum atomic E-state index is -4.00. The van der Waals surface area contributed by atoms with Crippen LogP contribution in [-0.2, 0) is 16.6 Å². The molecule has 0 aliphatic carbocycles. The van der Waals surface area contributed by atoms with Gasteiger partial charge in [0, 0.05) is 11.3 Å². The molecule has 0 saturated carbocycles. The molecule has 0 saturated heterocycles. The average molecular weight is 306 g/mol. The van der Waals surface area contributed by atoms with Crippen molar-refractivity contribution >= 4 is 21.6 Å². The van der Waals surface area contributed by atoms with Gasteiger partial charge in [0.05, 0.1) is 12.1 Å². The Kier molecular flexibility index (Phi) is 2.94. The number of rotatable bonds is 2. The van der Waals surface area contributed by atoms with Crippen LogP contribution in [0.1, 0.15) is 15.9 Å². The van der Waals surface area contributed by atoms with Crippen LogP contribution in [0.25, 0.3) is 0 Å². The predicted octanol–water partition coefficient (Wildman–Crippen LogP) is 1.75. The third kappa shape index (κ3) is 2.06. The van der Waals surface area contributed by atoms with Gasteiger partial charge >= 0.3 is 0 Å². The number of benzene rings is 2. The molecule has 1 amide bonds. The fourth-order valence-corrected chi connectivity index (χ4v) is 3.81. The number of sulfonamides is 1. The number of hydrogen-bond donors (Lipinski definition) is 1. The average Bonchev–Trinajstić information content (AvgIpc) is 2.62. The lowest BCUT2D eigenvalue weighted by Crippen LogP contribution is -2.29. The van der Waals surface area contributed by atoms with Gasteiger partial charge in [0.25, 0.3) is 15.9 Å². The molecular formula is C14H11FN2O3S. The standard InChI is InChI=1S/C14H11FN2O3S/c15-12-4-2-1-3-9(12)8-17-14(18)11-6-5-10(16)7-13(11)21(17,19)20/h1-7H,8,16H2. The van der Waals surface area contributed by atoms with Crippen molar-refractivity contribution in [3.05, 3.63) is 59.4 Å². The highest BCUT2D eigenvalue weighted by Gasteiger charge is 2.41. The van der Waals surface area contributed by atoms with Crippen LogP contribution < -0.4 is 5.73 Å². The number of anilines is 1. The Hall–Kier alpha value is -2.41. The molecule has 0 spiro atoms. The van der Waals surface area contributed by atoms with Crippen LogP contribution in [0.15, 0.2) is 47.4 Å². The molecule has 2 aromatic carbocycles. The van der Waals surface area contributed by atoms with Crippen molar-refractivity contribution in [3.8, 4) is 0 Å². The largest absolute Gasteiger partial charge is 0.399 e. The summed E-state index contributed by atoms with van der Waals surface area (Å²) < 4.78 is 39.1. The first-order chi connectivity index (χ1) is 9.91. The summed E-state index contributed by atoms with van der Waals surface area (Å²) in [6, 6.07) is 9.79. The molecule has 7 heteroatoms. The summed E-state index contributed by atoms with van der Waals surface area (Å²) in [6.07, 6.45) is 0. The summed E-state index contributed by atoms with van der Waals surface area (Å²) in [4.78, 5) is 12.1. The Morgan fingerprint density at radius 1 is 1.14 bits per heavy atom. The maximum Gasteiger partial charge on any atom is 0.269 e. The number of nitrogen functional groups attached to an aromatic ring is 1. The molecule has 0 aromatic heterocycles. The molecule has 3 rings (SSSR count). The number of halogens is 1. The van der Waals surface area contributed by atoms with Gasteiger partial charge in [0.15, 0.2) is 0 Å². The van der Waals surface area contributed by atoms with Crippen LogP contribution in [-0.4, -0.2) is 18.6 Å². The van der Waals surface area contributed by atoms with E-state index < -0.39 is 21.7 Å². The number of nitrogens with zero attached hydrogens (tertiary/aromatic N) is 1. The first-order valence-electron chi connectivity index (χ1n) is 6.11. The molecule has 5 nitrogen and oxygen atoms in total. The molecule has 1 heterocycles. The summed E-state index contributed by atoms with van der Waals surface area (Å²) in [5, 5.41) is 0. The van der Waals surface area contributed by atoms with Crippen LogP contribution in [0.2, 0.25) is 0 Å². The molecule has 1 aliphatic rings. The maximum absolute atomic E-state index is 13.7. The van der Waals surface area contributed by atoms with Crippen LogP contribution in [0.3, 0.4) is 0 Å². The summed E-state index contributed by atoms with van der Waals surface area (Å²) in [5.74, 6) is -1.23. The zero-order chi connectivity index (χ0) is 15.2. The van der Waals surface area contributed by atoms with Crippen molar-refractivity contribution in [1.82, 2.24) is 4.31 Å². The summed E-state index contributed by atoms with van der Waals surface area (Å²) in [7, 11) is -4.00. The zero-order valence-electron chi connectivity index (χ0n) is 10.8. The molecule has 2 N–H and O–H groups in total. The molecule has 0 atom stereocenters. The first kappa shape index (κ1) is 13.6. The van der Waals surface area contributed by atoms with E-state index >= 15 is 0 Å². The van der Waals surface area contributed by atoms with E-state index in [0.29, 0.717) is 4.31 Å². The quantitative estimate of drug-likeness (QED) is 0.857. The molecule has 0 unspecified atom stereocenters. The van der Waals surface area contributed by atoms with E-state index in [1.807, 2.05) is 0 Å². The molecule has 1 aliphatic heterocycles. The van der Waals surface area contributed by atoms with Crippen molar-refractivity contribution in [3.63, 3.8) is 0 Å². The van der Waals surface area contributed by atoms with Crippen LogP contribution in [0.5, 0.6) is 0 Å². The molecule has 0 fully saturated rings. The molecule has 0 radical (unpaired) electrons. The van der Waals surface area contributed by atoms with E-state index in [9.17, 15) is 17.6 Å². The summed E-state index contributed by atoms with van der Waals surface area (Å²) in [6.45, 7) is -0.345. The van der Waals surface area contributed by atoms with E-state index in [1.165, 1.54) is 36.4 Å². The number of fused-ring (bicyclic) bond motifs is 1. The smallest absolute Gasteiger partial charge is 0.269 e. The van der Waals surface area contributed by atoms with Gasteiger partial charge in [-0.25, -0.2) is 17.1 Å². The Morgan fingerprint density at radius 3 is 2.57 bits per heavy atom. The zero-order valence-corrected chi connectivity index (χ0v) is 11.6. The lowest BCUT2D eigenvalue weighted by molar-refractivity contribution is 0.0864. The van der Waals surface area contributed by atoms with Crippen LogP contribution in [0.4, 0.5) is 10.1 Å². The third-order valence-corrected chi connectivity index (χ3v) is 5.07. The SMILES string of the molecule is Nc1ccc2c(c1)S(=O)(=O)N(Cc1ccccc1F)C2=O. The van der Waals surface area contributed by atoms with Crippen molar-refractivity contribution in [1.29, 1.82) is 0 Å². The first-order valence-corrected chi connectivity index (χ1v) is 7.55. The van der Waals surface area contributed by atoms with Gasteiger partial charge in [0.1, 0.15) is 10.7 Å². The Labute approximate surface area is 120 Å². The molecule has 21 heavy (non-hydrogen) atoms. The summed E-state index contributed by atoms with van der Waals surface area (Å²) >= 11 is 0. The predicted molar refractivity (Wildman–Crippen MR) is 74.3 cm³/mol. The number of hydrogen-bond acceptors (Lipinski definition) is 4. The van der Waals surface area contributed by atoms with E-state index in [1.54, 1.807) is 6.07 Å². The molecule has 108 valence electrons. The fourth-order valence-electron chi connectivity index (χ4n) is 2.23. The Balaban J connectivity index is 2.07. The van der Waals surface area contributed by atoms with Gasteiger partial charge in [-0.2, -0.15) is 0 Å². The molecule has 0 bridgehead atoms. The molecule has 2 aromatic rings. The van der Waals surface area contributed by atoms with Gasteiger partial charge < -0.3 is 5.73 Å². The van der Waals surface area contributed by atoms with Crippen molar-refractivity contribution in [2.75, 3.05) is 5.73 Å². The van der Waals surface area contributed by atoms with Crippen molar-refractivity contribution in [2.45, 2.75) is 11.4 Å². The number of carbonyl (C=O) groups is 1. The highest BCUT2D eigenvalue weighted by molar-refractivity contribution is 7.90. The van der Waals surface area contributed by atoms with Gasteiger partial charge in [-0.3, -0.25) is 4.79 Å². The lowest BCUT2D eigenvalue weighted by atomic mass is 10.1. The topological polar surface area (TPSA) is 80.5 Å². The van der Waals surface area contributed by atoms with Gasteiger partial charge in [-0.05, 0) is 24.3 Å². The van der Waals surface area contributed by atoms with E-state index in [2.05, 4.69) is 0 Å². The van der Waals surface area contributed by atoms with E-state index in [0.717, 1.165) is 0 Å². The minimum absolute atomic E-state index is 0.0561. The highest BCUT2D eigenvalue weighted by Crippen LogP contribution is 2.33. The number of amides is 1. The Morgan fingerprint density at radius 2 is 1.86 bits per heavy atom. The second-order valence-corrected chi connectivity index (χ2v) is 6.49. The van der Waals surface area contributed by atoms with Crippen LogP contribution >= 0.6 is 0 Å². The fraction of sp³-hybridized carbons (Fsp3) is 0.0714. The second-order valence-electron chi connectivity index (χ2n) is 4.66. The maximum atomic E-state index is 13.7. The van der Waals surface area contributed by atoms with Gasteiger partial charge in [-0.15, -0.1) is 0 Å². The highest BCUT2D eigenvalue weighted by atomic mass is 32.2. The van der Waals surface area contributed by atoms with E-state index in [4.69, 9.17) is 5.73 Å². The van der Waals surface area contributed by atoms with Crippen molar-refractivity contribution < 1.29 is 17.6 Å². The van der Waals surface area contributed by atoms with Crippen molar-refractivity contribution in [2.24, 2.45) is 0 Å². The Bertz CT molecular complexity index is 849. The van der Waals surface area contributed by atoms with Gasteiger partial charge in [-0.1, -0.05) is 18.2 Å². The van der Waals surface area contributed by atoms with Gasteiger partial charge in [0.2, 0.25) is 0 Å². The monoisotopic (exact) mass is 306 g/mol. The van der Waals surface area contributed by atoms with Crippen LogP contribution in [0, 0.1) is 5.82 Å². The second kappa shape index (κ2) is 4.56. The summed E-state index contributed by atoms with van der Waals surface area (Å²) in [5.41, 5.74) is 6.00. The lowest BCUT2D eigenvalue weighted by Gasteiger charge is -2.15. The normalized spacial score (nSPS) is 16.0. The number of carbonyl (C=O) groups excluding carboxylic acids is 1. The minimum Gasteiger partial charge on any atom is -0.399 e. The van der Waals surface area contributed by atoms with E-state index in [-0.39, 0.29) is 28.3 Å².